The lowest BCUT2D eigenvalue weighted by atomic mass is 10.1. The topological polar surface area (TPSA) is 51.7 Å². The Bertz CT molecular complexity index is 1110. The quantitative estimate of drug-likeness (QED) is 0.373. The van der Waals surface area contributed by atoms with E-state index < -0.39 is 35.8 Å². The van der Waals surface area contributed by atoms with Gasteiger partial charge in [-0.15, -0.1) is 11.3 Å². The summed E-state index contributed by atoms with van der Waals surface area (Å²) < 4.78 is 88.5. The lowest BCUT2D eigenvalue weighted by molar-refractivity contribution is -0.143. The summed E-state index contributed by atoms with van der Waals surface area (Å²) in [6.45, 7) is 0.901. The van der Waals surface area contributed by atoms with Gasteiger partial charge in [-0.2, -0.15) is 26.3 Å². The van der Waals surface area contributed by atoms with Crippen molar-refractivity contribution in [2.75, 3.05) is 12.0 Å². The first-order valence-electron chi connectivity index (χ1n) is 9.20. The molecular weight excluding hydrogens is 474 g/mol. The second-order valence-corrected chi connectivity index (χ2v) is 7.51. The number of amides is 1. The molecule has 5 nitrogen and oxygen atoms in total. The maximum atomic E-state index is 13.0. The van der Waals surface area contributed by atoms with Crippen molar-refractivity contribution in [3.8, 4) is 11.5 Å². The Balaban J connectivity index is 1.86. The number of carbonyl (C=O) groups is 1. The molecule has 0 saturated heterocycles. The van der Waals surface area contributed by atoms with Gasteiger partial charge < -0.3 is 9.47 Å². The van der Waals surface area contributed by atoms with Crippen LogP contribution in [0.2, 0.25) is 0 Å². The van der Waals surface area contributed by atoms with Gasteiger partial charge in [0.1, 0.15) is 18.1 Å². The van der Waals surface area contributed by atoms with E-state index in [9.17, 15) is 31.1 Å². The van der Waals surface area contributed by atoms with Crippen LogP contribution in [0, 0.1) is 0 Å². The monoisotopic (exact) mass is 490 g/mol. The van der Waals surface area contributed by atoms with Crippen molar-refractivity contribution in [3.63, 3.8) is 0 Å². The number of anilines is 2. The van der Waals surface area contributed by atoms with E-state index in [1.165, 1.54) is 24.3 Å². The van der Waals surface area contributed by atoms with E-state index in [0.29, 0.717) is 23.6 Å². The van der Waals surface area contributed by atoms with Crippen molar-refractivity contribution in [2.24, 2.45) is 0 Å². The van der Waals surface area contributed by atoms with Crippen LogP contribution in [0.5, 0.6) is 11.5 Å². The molecule has 0 bridgehead atoms. The van der Waals surface area contributed by atoms with Gasteiger partial charge in [0.25, 0.3) is 0 Å². The predicted molar refractivity (Wildman–Crippen MR) is 109 cm³/mol. The van der Waals surface area contributed by atoms with Gasteiger partial charge >= 0.3 is 12.4 Å². The number of halogens is 6. The van der Waals surface area contributed by atoms with Crippen LogP contribution in [-0.4, -0.2) is 18.0 Å². The Morgan fingerprint density at radius 1 is 1.03 bits per heavy atom. The molecule has 0 unspecified atom stereocenters. The molecule has 0 atom stereocenters. The highest BCUT2D eigenvalue weighted by atomic mass is 32.1. The van der Waals surface area contributed by atoms with Gasteiger partial charge in [-0.3, -0.25) is 9.69 Å². The van der Waals surface area contributed by atoms with Crippen LogP contribution in [0.15, 0.2) is 47.8 Å². The zero-order valence-corrected chi connectivity index (χ0v) is 17.9. The molecule has 12 heteroatoms. The molecule has 0 aliphatic heterocycles. The molecule has 0 N–H and O–H groups in total. The number of thiazole rings is 1. The van der Waals surface area contributed by atoms with Crippen molar-refractivity contribution in [1.29, 1.82) is 0 Å². The number of methoxy groups -OCH3 is 1. The van der Waals surface area contributed by atoms with Crippen LogP contribution >= 0.6 is 11.3 Å². The number of hydrogen-bond donors (Lipinski definition) is 0. The number of carbonyl (C=O) groups excluding carboxylic acids is 1. The first-order chi connectivity index (χ1) is 15.4. The molecule has 0 spiro atoms. The maximum absolute atomic E-state index is 13.0. The molecule has 0 radical (unpaired) electrons. The molecule has 0 saturated carbocycles. The van der Waals surface area contributed by atoms with E-state index in [0.717, 1.165) is 11.3 Å². The number of benzene rings is 2. The molecule has 176 valence electrons. The Morgan fingerprint density at radius 2 is 1.64 bits per heavy atom. The Hall–Kier alpha value is -3.28. The average molecular weight is 490 g/mol. The molecule has 0 fully saturated rings. The summed E-state index contributed by atoms with van der Waals surface area (Å²) in [5.74, 6) is -0.585. The van der Waals surface area contributed by atoms with Crippen LogP contribution in [-0.2, 0) is 23.8 Å². The van der Waals surface area contributed by atoms with Gasteiger partial charge in [0.15, 0.2) is 5.13 Å². The molecule has 2 aromatic carbocycles. The molecule has 1 amide bonds. The zero-order valence-electron chi connectivity index (χ0n) is 17.1. The number of rotatable bonds is 6. The smallest absolute Gasteiger partial charge is 0.416 e. The number of hydrogen-bond acceptors (Lipinski definition) is 5. The summed E-state index contributed by atoms with van der Waals surface area (Å²) in [5.41, 5.74) is -2.33. The second kappa shape index (κ2) is 9.30. The summed E-state index contributed by atoms with van der Waals surface area (Å²) in [6.07, 6.45) is -9.96. The summed E-state index contributed by atoms with van der Waals surface area (Å²) in [5, 5.41) is 1.71. The minimum atomic E-state index is -4.98. The Labute approximate surface area is 188 Å². The summed E-state index contributed by atoms with van der Waals surface area (Å²) in [6, 6.07) is 7.68. The van der Waals surface area contributed by atoms with E-state index in [1.54, 1.807) is 24.3 Å². The molecule has 3 aromatic rings. The van der Waals surface area contributed by atoms with Crippen molar-refractivity contribution < 1.29 is 40.6 Å². The van der Waals surface area contributed by atoms with E-state index >= 15 is 0 Å². The fourth-order valence-electron chi connectivity index (χ4n) is 2.85. The molecule has 1 heterocycles. The SMILES string of the molecule is COc1ccccc1N(C(C)=O)c1nc(COc2cc(C(F)(F)F)cc(C(F)(F)F)c2)cs1. The minimum absolute atomic E-state index is 0.0196. The Kier molecular flexibility index (Phi) is 6.86. The average Bonchev–Trinajstić information content (AvgIpc) is 3.19. The predicted octanol–water partition coefficient (Wildman–Crippen LogP) is 6.45. The van der Waals surface area contributed by atoms with E-state index in [1.807, 2.05) is 0 Å². The molecular formula is C21H16F6N2O3S. The molecule has 33 heavy (non-hydrogen) atoms. The van der Waals surface area contributed by atoms with Gasteiger partial charge in [0.2, 0.25) is 5.91 Å². The fourth-order valence-corrected chi connectivity index (χ4v) is 3.72. The van der Waals surface area contributed by atoms with Gasteiger partial charge in [0, 0.05) is 12.3 Å². The molecule has 3 rings (SSSR count). The summed E-state index contributed by atoms with van der Waals surface area (Å²) >= 11 is 1.05. The number of alkyl halides is 6. The molecule has 0 aliphatic rings. The van der Waals surface area contributed by atoms with Crippen LogP contribution in [0.3, 0.4) is 0 Å². The van der Waals surface area contributed by atoms with Gasteiger partial charge in [-0.25, -0.2) is 4.98 Å². The largest absolute Gasteiger partial charge is 0.495 e. The normalized spacial score (nSPS) is 11.9. The van der Waals surface area contributed by atoms with Crippen molar-refractivity contribution in [2.45, 2.75) is 25.9 Å². The standard InChI is InChI=1S/C21H16F6N2O3S/c1-12(30)29(17-5-3-4-6-18(17)31-2)19-28-15(11-33-19)10-32-16-8-13(20(22,23)24)7-14(9-16)21(25,26)27/h3-9,11H,10H2,1-2H3. The Morgan fingerprint density at radius 3 is 2.18 bits per heavy atom. The maximum Gasteiger partial charge on any atom is 0.416 e. The van der Waals surface area contributed by atoms with Gasteiger partial charge in [0.05, 0.1) is 29.6 Å². The molecule has 0 aliphatic carbocycles. The number of para-hydroxylation sites is 2. The highest BCUT2D eigenvalue weighted by Gasteiger charge is 2.37. The third-order valence-electron chi connectivity index (χ3n) is 4.32. The third kappa shape index (κ3) is 5.75. The van der Waals surface area contributed by atoms with E-state index in [4.69, 9.17) is 9.47 Å². The third-order valence-corrected chi connectivity index (χ3v) is 5.19. The van der Waals surface area contributed by atoms with Crippen LogP contribution in [0.4, 0.5) is 37.2 Å². The summed E-state index contributed by atoms with van der Waals surface area (Å²) in [4.78, 5) is 17.8. The van der Waals surface area contributed by atoms with Gasteiger partial charge in [-0.05, 0) is 30.3 Å². The van der Waals surface area contributed by atoms with Crippen molar-refractivity contribution in [1.82, 2.24) is 4.98 Å². The van der Waals surface area contributed by atoms with Gasteiger partial charge in [-0.1, -0.05) is 12.1 Å². The fraction of sp³-hybridized carbons (Fsp3) is 0.238. The van der Waals surface area contributed by atoms with Crippen LogP contribution in [0.25, 0.3) is 0 Å². The van der Waals surface area contributed by atoms with Crippen LogP contribution < -0.4 is 14.4 Å². The van der Waals surface area contributed by atoms with Crippen molar-refractivity contribution in [3.05, 3.63) is 64.7 Å². The number of ether oxygens (including phenoxy) is 2. The highest BCUT2D eigenvalue weighted by Crippen LogP contribution is 2.39. The lowest BCUT2D eigenvalue weighted by Gasteiger charge is -2.20. The van der Waals surface area contributed by atoms with E-state index in [-0.39, 0.29) is 22.8 Å². The first-order valence-corrected chi connectivity index (χ1v) is 10.1. The highest BCUT2D eigenvalue weighted by molar-refractivity contribution is 7.14. The van der Waals surface area contributed by atoms with Crippen molar-refractivity contribution >= 4 is 28.1 Å². The van der Waals surface area contributed by atoms with Crippen LogP contribution in [0.1, 0.15) is 23.7 Å². The molecule has 1 aromatic heterocycles. The minimum Gasteiger partial charge on any atom is -0.495 e. The second-order valence-electron chi connectivity index (χ2n) is 6.68. The first kappa shape index (κ1) is 24.4. The summed E-state index contributed by atoms with van der Waals surface area (Å²) in [7, 11) is 1.43. The van der Waals surface area contributed by atoms with E-state index in [2.05, 4.69) is 4.98 Å². The zero-order chi connectivity index (χ0) is 24.4. The number of aromatic nitrogens is 1. The number of nitrogens with zero attached hydrogens (tertiary/aromatic N) is 2. The lowest BCUT2D eigenvalue weighted by Crippen LogP contribution is -2.23.